The summed E-state index contributed by atoms with van der Waals surface area (Å²) in [6.07, 6.45) is 0. The van der Waals surface area contributed by atoms with Crippen molar-refractivity contribution in [1.82, 2.24) is 9.88 Å². The quantitative estimate of drug-likeness (QED) is 0.701. The lowest BCUT2D eigenvalue weighted by Gasteiger charge is -2.05. The van der Waals surface area contributed by atoms with Crippen LogP contribution < -0.4 is 0 Å². The van der Waals surface area contributed by atoms with Crippen LogP contribution in [0.3, 0.4) is 0 Å². The molecule has 2 heterocycles. The maximum atomic E-state index is 8.86. The van der Waals surface area contributed by atoms with E-state index in [9.17, 15) is 0 Å². The average Bonchev–Trinajstić information content (AvgIpc) is 2.73. The van der Waals surface area contributed by atoms with Crippen LogP contribution in [-0.2, 0) is 13.1 Å². The first kappa shape index (κ1) is 8.51. The smallest absolute Gasteiger partial charge is 0.0991 e. The summed E-state index contributed by atoms with van der Waals surface area (Å²) in [7, 11) is 2.10. The topological polar surface area (TPSA) is 42.8 Å². The second-order valence-electron chi connectivity index (χ2n) is 4.13. The van der Waals surface area contributed by atoms with Crippen LogP contribution in [-0.4, -0.2) is 16.9 Å². The van der Waals surface area contributed by atoms with Gasteiger partial charge < -0.3 is 4.98 Å². The number of nitriles is 1. The van der Waals surface area contributed by atoms with Crippen molar-refractivity contribution in [3.63, 3.8) is 0 Å². The normalized spacial score (nSPS) is 15.5. The Morgan fingerprint density at radius 3 is 3.07 bits per heavy atom. The molecule has 2 aromatic rings. The molecule has 1 aromatic heterocycles. The summed E-state index contributed by atoms with van der Waals surface area (Å²) in [4.78, 5) is 5.67. The average molecular weight is 197 g/mol. The van der Waals surface area contributed by atoms with E-state index in [0.717, 1.165) is 24.2 Å². The molecule has 0 spiro atoms. The Bertz CT molecular complexity index is 574. The van der Waals surface area contributed by atoms with Gasteiger partial charge in [0.25, 0.3) is 0 Å². The fourth-order valence-corrected chi connectivity index (χ4v) is 2.28. The summed E-state index contributed by atoms with van der Waals surface area (Å²) in [5.74, 6) is 0. The van der Waals surface area contributed by atoms with E-state index in [1.165, 1.54) is 16.6 Å². The van der Waals surface area contributed by atoms with Gasteiger partial charge in [-0.05, 0) is 30.8 Å². The standard InChI is InChI=1S/C12H11N3/c1-15-6-10-9-4-8(5-13)2-3-11(9)14-12(10)7-15/h2-4,14H,6-7H2,1H3. The minimum absolute atomic E-state index is 0.735. The largest absolute Gasteiger partial charge is 0.357 e. The van der Waals surface area contributed by atoms with Gasteiger partial charge in [0.05, 0.1) is 11.6 Å². The van der Waals surface area contributed by atoms with E-state index in [4.69, 9.17) is 5.26 Å². The van der Waals surface area contributed by atoms with Crippen LogP contribution in [0.25, 0.3) is 10.9 Å². The van der Waals surface area contributed by atoms with Gasteiger partial charge in [-0.3, -0.25) is 4.90 Å². The van der Waals surface area contributed by atoms with Gasteiger partial charge in [0.15, 0.2) is 0 Å². The number of aromatic amines is 1. The molecule has 0 amide bonds. The number of nitrogens with zero attached hydrogens (tertiary/aromatic N) is 2. The molecule has 1 aromatic carbocycles. The van der Waals surface area contributed by atoms with Gasteiger partial charge in [0.2, 0.25) is 0 Å². The highest BCUT2D eigenvalue weighted by Crippen LogP contribution is 2.29. The zero-order valence-corrected chi connectivity index (χ0v) is 8.54. The molecule has 15 heavy (non-hydrogen) atoms. The molecule has 74 valence electrons. The molecular weight excluding hydrogens is 186 g/mol. The van der Waals surface area contributed by atoms with E-state index >= 15 is 0 Å². The highest BCUT2D eigenvalue weighted by molar-refractivity contribution is 5.86. The molecule has 3 nitrogen and oxygen atoms in total. The number of rotatable bonds is 0. The molecule has 3 heteroatoms. The Morgan fingerprint density at radius 2 is 2.27 bits per heavy atom. The molecule has 0 bridgehead atoms. The second-order valence-corrected chi connectivity index (χ2v) is 4.13. The summed E-state index contributed by atoms with van der Waals surface area (Å²) in [6, 6.07) is 8.01. The minimum Gasteiger partial charge on any atom is -0.357 e. The summed E-state index contributed by atoms with van der Waals surface area (Å²) in [6.45, 7) is 1.95. The Hall–Kier alpha value is -1.79. The lowest BCUT2D eigenvalue weighted by Crippen LogP contribution is -2.08. The number of hydrogen-bond acceptors (Lipinski definition) is 2. The minimum atomic E-state index is 0.735. The molecule has 0 aliphatic carbocycles. The fraction of sp³-hybridized carbons (Fsp3) is 0.250. The molecule has 1 aliphatic rings. The first-order valence-electron chi connectivity index (χ1n) is 5.00. The van der Waals surface area contributed by atoms with Crippen molar-refractivity contribution in [2.45, 2.75) is 13.1 Å². The summed E-state index contributed by atoms with van der Waals surface area (Å²) < 4.78 is 0. The van der Waals surface area contributed by atoms with Crippen molar-refractivity contribution in [3.8, 4) is 6.07 Å². The van der Waals surface area contributed by atoms with Gasteiger partial charge in [0.1, 0.15) is 0 Å². The molecule has 0 unspecified atom stereocenters. The Morgan fingerprint density at radius 1 is 1.40 bits per heavy atom. The number of hydrogen-bond donors (Lipinski definition) is 1. The molecule has 1 aliphatic heterocycles. The summed E-state index contributed by atoms with van der Waals surface area (Å²) >= 11 is 0. The van der Waals surface area contributed by atoms with Gasteiger partial charge >= 0.3 is 0 Å². The van der Waals surface area contributed by atoms with Crippen molar-refractivity contribution in [2.24, 2.45) is 0 Å². The maximum Gasteiger partial charge on any atom is 0.0991 e. The number of aromatic nitrogens is 1. The monoisotopic (exact) mass is 197 g/mol. The van der Waals surface area contributed by atoms with E-state index in [1.54, 1.807) is 0 Å². The Balaban J connectivity index is 2.28. The lowest BCUT2D eigenvalue weighted by molar-refractivity contribution is 0.351. The third kappa shape index (κ3) is 1.15. The van der Waals surface area contributed by atoms with E-state index in [0.29, 0.717) is 0 Å². The van der Waals surface area contributed by atoms with Crippen LogP contribution in [0.2, 0.25) is 0 Å². The van der Waals surface area contributed by atoms with Crippen molar-refractivity contribution >= 4 is 10.9 Å². The highest BCUT2D eigenvalue weighted by Gasteiger charge is 2.20. The number of fused-ring (bicyclic) bond motifs is 3. The predicted molar refractivity (Wildman–Crippen MR) is 58.2 cm³/mol. The van der Waals surface area contributed by atoms with Crippen LogP contribution >= 0.6 is 0 Å². The van der Waals surface area contributed by atoms with Gasteiger partial charge in [-0.1, -0.05) is 0 Å². The van der Waals surface area contributed by atoms with Crippen molar-refractivity contribution in [3.05, 3.63) is 35.0 Å². The first-order chi connectivity index (χ1) is 7.28. The van der Waals surface area contributed by atoms with E-state index < -0.39 is 0 Å². The lowest BCUT2D eigenvalue weighted by atomic mass is 10.1. The van der Waals surface area contributed by atoms with Crippen LogP contribution in [0.1, 0.15) is 16.8 Å². The van der Waals surface area contributed by atoms with Crippen LogP contribution in [0.5, 0.6) is 0 Å². The third-order valence-electron chi connectivity index (χ3n) is 2.98. The first-order valence-corrected chi connectivity index (χ1v) is 5.00. The molecule has 0 saturated carbocycles. The van der Waals surface area contributed by atoms with Crippen molar-refractivity contribution in [2.75, 3.05) is 7.05 Å². The van der Waals surface area contributed by atoms with Gasteiger partial charge in [-0.25, -0.2) is 0 Å². The number of H-pyrrole nitrogens is 1. The molecular formula is C12H11N3. The molecule has 0 atom stereocenters. The van der Waals surface area contributed by atoms with Crippen molar-refractivity contribution in [1.29, 1.82) is 5.26 Å². The van der Waals surface area contributed by atoms with E-state index in [2.05, 4.69) is 23.0 Å². The molecule has 3 rings (SSSR count). The summed E-state index contributed by atoms with van der Waals surface area (Å²) in [5.41, 5.74) is 4.53. The van der Waals surface area contributed by atoms with Crippen LogP contribution in [0, 0.1) is 11.3 Å². The molecule has 0 fully saturated rings. The van der Waals surface area contributed by atoms with E-state index in [-0.39, 0.29) is 0 Å². The maximum absolute atomic E-state index is 8.86. The van der Waals surface area contributed by atoms with Gasteiger partial charge in [-0.15, -0.1) is 0 Å². The Labute approximate surface area is 87.9 Å². The molecule has 1 N–H and O–H groups in total. The van der Waals surface area contributed by atoms with Gasteiger partial charge in [-0.2, -0.15) is 5.26 Å². The van der Waals surface area contributed by atoms with Gasteiger partial charge in [0, 0.05) is 29.7 Å². The SMILES string of the molecule is CN1Cc2[nH]c3ccc(C#N)cc3c2C1. The zero-order valence-electron chi connectivity index (χ0n) is 8.54. The predicted octanol–water partition coefficient (Wildman–Crippen LogP) is 1.98. The Kier molecular flexibility index (Phi) is 1.62. The highest BCUT2D eigenvalue weighted by atomic mass is 15.1. The second kappa shape index (κ2) is 2.85. The van der Waals surface area contributed by atoms with Crippen LogP contribution in [0.15, 0.2) is 18.2 Å². The number of nitrogens with one attached hydrogen (secondary N) is 1. The van der Waals surface area contributed by atoms with Crippen LogP contribution in [0.4, 0.5) is 0 Å². The molecule has 0 saturated heterocycles. The number of benzene rings is 1. The van der Waals surface area contributed by atoms with E-state index in [1.807, 2.05) is 18.2 Å². The fourth-order valence-electron chi connectivity index (χ4n) is 2.28. The third-order valence-corrected chi connectivity index (χ3v) is 2.98. The van der Waals surface area contributed by atoms with Crippen molar-refractivity contribution < 1.29 is 0 Å². The zero-order chi connectivity index (χ0) is 10.4. The summed E-state index contributed by atoms with van der Waals surface area (Å²) in [5, 5.41) is 10.1. The molecule has 0 radical (unpaired) electrons.